The van der Waals surface area contributed by atoms with E-state index in [0.717, 1.165) is 30.0 Å². The summed E-state index contributed by atoms with van der Waals surface area (Å²) in [5.41, 5.74) is 3.46. The fourth-order valence-corrected chi connectivity index (χ4v) is 3.18. The number of rotatable bonds is 4. The van der Waals surface area contributed by atoms with Crippen LogP contribution in [0.4, 0.5) is 5.69 Å². The van der Waals surface area contributed by atoms with Crippen molar-refractivity contribution in [3.8, 4) is 17.4 Å². The highest BCUT2D eigenvalue weighted by Crippen LogP contribution is 2.37. The van der Waals surface area contributed by atoms with Crippen molar-refractivity contribution in [2.75, 3.05) is 19.0 Å². The Hall–Kier alpha value is -3.01. The van der Waals surface area contributed by atoms with Crippen LogP contribution in [0.5, 0.6) is 17.4 Å². The summed E-state index contributed by atoms with van der Waals surface area (Å²) in [6.07, 6.45) is 3.82. The number of pyridine rings is 1. The van der Waals surface area contributed by atoms with Crippen molar-refractivity contribution in [1.29, 1.82) is 0 Å². The van der Waals surface area contributed by atoms with Crippen molar-refractivity contribution in [2.45, 2.75) is 18.9 Å². The van der Waals surface area contributed by atoms with Crippen LogP contribution in [0.25, 0.3) is 0 Å². The second-order valence-electron chi connectivity index (χ2n) is 6.67. The molecule has 0 bridgehead atoms. The molecule has 0 radical (unpaired) electrons. The van der Waals surface area contributed by atoms with Gasteiger partial charge in [0.05, 0.1) is 0 Å². The third-order valence-corrected chi connectivity index (χ3v) is 4.61. The molecule has 0 amide bonds. The Morgan fingerprint density at radius 3 is 2.69 bits per heavy atom. The fraction of sp³-hybridized carbons (Fsp3) is 0.227. The number of hydrogen-bond acceptors (Lipinski definition) is 4. The number of aryl methyl sites for hydroxylation is 1. The van der Waals surface area contributed by atoms with Crippen LogP contribution in [0.2, 0.25) is 0 Å². The molecule has 1 unspecified atom stereocenters. The monoisotopic (exact) mass is 346 g/mol. The minimum Gasteiger partial charge on any atom is -0.485 e. The Morgan fingerprint density at radius 1 is 1.04 bits per heavy atom. The molecule has 4 heteroatoms. The lowest BCUT2D eigenvalue weighted by Crippen LogP contribution is -2.15. The Morgan fingerprint density at radius 2 is 1.88 bits per heavy atom. The van der Waals surface area contributed by atoms with Crippen molar-refractivity contribution >= 4 is 5.69 Å². The van der Waals surface area contributed by atoms with E-state index in [1.54, 1.807) is 6.20 Å². The number of hydrogen-bond donors (Lipinski definition) is 0. The van der Waals surface area contributed by atoms with E-state index in [9.17, 15) is 0 Å². The van der Waals surface area contributed by atoms with Gasteiger partial charge in [-0.05, 0) is 48.2 Å². The summed E-state index contributed by atoms with van der Waals surface area (Å²) < 4.78 is 12.1. The molecule has 4 rings (SSSR count). The molecule has 2 heterocycles. The van der Waals surface area contributed by atoms with Gasteiger partial charge in [0, 0.05) is 32.0 Å². The molecule has 1 aliphatic heterocycles. The van der Waals surface area contributed by atoms with Crippen LogP contribution in [0.15, 0.2) is 66.9 Å². The van der Waals surface area contributed by atoms with E-state index in [-0.39, 0.29) is 6.10 Å². The zero-order chi connectivity index (χ0) is 17.9. The lowest BCUT2D eigenvalue weighted by molar-refractivity contribution is 0.176. The summed E-state index contributed by atoms with van der Waals surface area (Å²) >= 11 is 0. The molecule has 0 spiro atoms. The van der Waals surface area contributed by atoms with Crippen molar-refractivity contribution in [1.82, 2.24) is 4.98 Å². The molecule has 4 nitrogen and oxygen atoms in total. The molecule has 0 aliphatic carbocycles. The molecular weight excluding hydrogens is 324 g/mol. The van der Waals surface area contributed by atoms with Gasteiger partial charge in [-0.2, -0.15) is 0 Å². The van der Waals surface area contributed by atoms with Gasteiger partial charge in [0.25, 0.3) is 0 Å². The van der Waals surface area contributed by atoms with Gasteiger partial charge in [-0.15, -0.1) is 0 Å². The SMILES string of the molecule is CN(C)c1ccnc(Oc2ccc3c(c2)CCC(c2ccccc2)O3)c1. The van der Waals surface area contributed by atoms with Gasteiger partial charge in [0.15, 0.2) is 0 Å². The lowest BCUT2D eigenvalue weighted by Gasteiger charge is -2.26. The van der Waals surface area contributed by atoms with Crippen molar-refractivity contribution in [3.05, 3.63) is 78.0 Å². The molecular formula is C22H22N2O2. The maximum absolute atomic E-state index is 6.20. The number of benzene rings is 2. The molecule has 1 aromatic heterocycles. The van der Waals surface area contributed by atoms with Gasteiger partial charge in [-0.1, -0.05) is 30.3 Å². The van der Waals surface area contributed by atoms with Crippen LogP contribution < -0.4 is 14.4 Å². The number of nitrogens with zero attached hydrogens (tertiary/aromatic N) is 2. The summed E-state index contributed by atoms with van der Waals surface area (Å²) in [7, 11) is 4.00. The molecule has 0 fully saturated rings. The highest BCUT2D eigenvalue weighted by atomic mass is 16.5. The van der Waals surface area contributed by atoms with Gasteiger partial charge < -0.3 is 14.4 Å². The zero-order valence-electron chi connectivity index (χ0n) is 15.1. The Balaban J connectivity index is 1.51. The predicted molar refractivity (Wildman–Crippen MR) is 103 cm³/mol. The molecule has 0 saturated carbocycles. The van der Waals surface area contributed by atoms with Crippen molar-refractivity contribution in [2.24, 2.45) is 0 Å². The van der Waals surface area contributed by atoms with Crippen LogP contribution in [-0.2, 0) is 6.42 Å². The maximum Gasteiger partial charge on any atom is 0.221 e. The highest BCUT2D eigenvalue weighted by molar-refractivity contribution is 5.48. The van der Waals surface area contributed by atoms with Crippen LogP contribution in [0, 0.1) is 0 Å². The maximum atomic E-state index is 6.20. The van der Waals surface area contributed by atoms with Gasteiger partial charge in [-0.25, -0.2) is 4.98 Å². The van der Waals surface area contributed by atoms with E-state index >= 15 is 0 Å². The molecule has 26 heavy (non-hydrogen) atoms. The second-order valence-corrected chi connectivity index (χ2v) is 6.67. The van der Waals surface area contributed by atoms with Crippen LogP contribution in [-0.4, -0.2) is 19.1 Å². The number of ether oxygens (including phenoxy) is 2. The molecule has 132 valence electrons. The van der Waals surface area contributed by atoms with Crippen molar-refractivity contribution < 1.29 is 9.47 Å². The number of anilines is 1. The van der Waals surface area contributed by atoms with Gasteiger partial charge in [0.1, 0.15) is 17.6 Å². The average molecular weight is 346 g/mol. The minimum absolute atomic E-state index is 0.119. The first-order valence-corrected chi connectivity index (χ1v) is 8.85. The first-order valence-electron chi connectivity index (χ1n) is 8.85. The summed E-state index contributed by atoms with van der Waals surface area (Å²) in [5.74, 6) is 2.32. The smallest absolute Gasteiger partial charge is 0.221 e. The van der Waals surface area contributed by atoms with E-state index in [2.05, 4.69) is 35.3 Å². The zero-order valence-corrected chi connectivity index (χ0v) is 15.1. The summed E-state index contributed by atoms with van der Waals surface area (Å²) in [5, 5.41) is 0. The van der Waals surface area contributed by atoms with Gasteiger partial charge in [0.2, 0.25) is 5.88 Å². The fourth-order valence-electron chi connectivity index (χ4n) is 3.18. The molecule has 1 atom stereocenters. The van der Waals surface area contributed by atoms with E-state index in [4.69, 9.17) is 9.47 Å². The topological polar surface area (TPSA) is 34.6 Å². The summed E-state index contributed by atoms with van der Waals surface area (Å²) in [6, 6.07) is 20.3. The standard InChI is InChI=1S/C22H22N2O2/c1-24(2)18-12-13-23-22(15-18)25-19-9-11-21-17(14-19)8-10-20(26-21)16-6-4-3-5-7-16/h3-7,9,11-15,20H,8,10H2,1-2H3. The van der Waals surface area contributed by atoms with Gasteiger partial charge in [-0.3, -0.25) is 0 Å². The third kappa shape index (κ3) is 3.49. The number of fused-ring (bicyclic) bond motifs is 1. The second kappa shape index (κ2) is 7.08. The van der Waals surface area contributed by atoms with Crippen LogP contribution in [0.3, 0.4) is 0 Å². The van der Waals surface area contributed by atoms with Crippen LogP contribution in [0.1, 0.15) is 23.7 Å². The highest BCUT2D eigenvalue weighted by Gasteiger charge is 2.21. The average Bonchev–Trinajstić information content (AvgIpc) is 2.68. The first kappa shape index (κ1) is 16.5. The lowest BCUT2D eigenvalue weighted by atomic mass is 9.97. The molecule has 0 saturated heterocycles. The largest absolute Gasteiger partial charge is 0.485 e. The van der Waals surface area contributed by atoms with E-state index in [1.165, 1.54) is 11.1 Å². The molecule has 3 aromatic rings. The predicted octanol–water partition coefficient (Wildman–Crippen LogP) is 5.01. The Labute approximate surface area is 154 Å². The van der Waals surface area contributed by atoms with E-state index < -0.39 is 0 Å². The molecule has 2 aromatic carbocycles. The normalized spacial score (nSPS) is 15.7. The summed E-state index contributed by atoms with van der Waals surface area (Å²) in [6.45, 7) is 0. The quantitative estimate of drug-likeness (QED) is 0.665. The first-order chi connectivity index (χ1) is 12.7. The Bertz CT molecular complexity index is 894. The van der Waals surface area contributed by atoms with Gasteiger partial charge >= 0.3 is 0 Å². The molecule has 1 aliphatic rings. The van der Waals surface area contributed by atoms with E-state index in [1.807, 2.05) is 49.3 Å². The third-order valence-electron chi connectivity index (χ3n) is 4.61. The minimum atomic E-state index is 0.119. The molecule has 0 N–H and O–H groups in total. The Kier molecular flexibility index (Phi) is 4.48. The number of aromatic nitrogens is 1. The van der Waals surface area contributed by atoms with E-state index in [0.29, 0.717) is 5.88 Å². The summed E-state index contributed by atoms with van der Waals surface area (Å²) in [4.78, 5) is 6.33. The van der Waals surface area contributed by atoms with Crippen molar-refractivity contribution in [3.63, 3.8) is 0 Å². The van der Waals surface area contributed by atoms with Crippen LogP contribution >= 0.6 is 0 Å².